The number of thioether (sulfide) groups is 1. The fraction of sp³-hybridized carbons (Fsp3) is 0.194. The second-order valence-electron chi connectivity index (χ2n) is 9.57. The monoisotopic (exact) mass is 597 g/mol. The molecule has 9 nitrogen and oxygen atoms in total. The van der Waals surface area contributed by atoms with Gasteiger partial charge in [-0.2, -0.15) is 15.2 Å². The molecule has 0 aliphatic carbocycles. The van der Waals surface area contributed by atoms with Crippen molar-refractivity contribution in [2.75, 3.05) is 6.61 Å². The SMILES string of the molecule is CCOC(=O)/C=C1\SC(N2N=C(c3cccs3)C[C@@H]2c2c(C)nn(-c3ccccc3)c2Oc2ccccc2C)=NC1=O. The normalized spacial score (nSPS) is 17.5. The fourth-order valence-corrected chi connectivity index (χ4v) is 6.41. The highest BCUT2D eigenvalue weighted by Crippen LogP contribution is 2.45. The molecule has 1 atom stereocenters. The predicted octanol–water partition coefficient (Wildman–Crippen LogP) is 6.57. The number of benzene rings is 2. The maximum absolute atomic E-state index is 12.8. The lowest BCUT2D eigenvalue weighted by Gasteiger charge is -2.23. The summed E-state index contributed by atoms with van der Waals surface area (Å²) in [4.78, 5) is 30.5. The number of aryl methyl sites for hydroxylation is 2. The molecular weight excluding hydrogens is 571 g/mol. The van der Waals surface area contributed by atoms with Crippen LogP contribution < -0.4 is 4.74 Å². The van der Waals surface area contributed by atoms with Crippen LogP contribution in [0.2, 0.25) is 0 Å². The molecule has 42 heavy (non-hydrogen) atoms. The van der Waals surface area contributed by atoms with E-state index < -0.39 is 11.9 Å². The zero-order valence-electron chi connectivity index (χ0n) is 23.2. The number of nitrogens with zero attached hydrogens (tertiary/aromatic N) is 5. The number of amidine groups is 1. The Morgan fingerprint density at radius 3 is 2.60 bits per heavy atom. The number of amides is 1. The molecule has 4 aromatic rings. The molecule has 212 valence electrons. The minimum atomic E-state index is -0.584. The van der Waals surface area contributed by atoms with E-state index in [1.807, 2.05) is 86.0 Å². The number of thiophene rings is 1. The van der Waals surface area contributed by atoms with Gasteiger partial charge in [0.05, 0.1) is 45.1 Å². The first-order valence-electron chi connectivity index (χ1n) is 13.4. The average Bonchev–Trinajstić information content (AvgIpc) is 3.78. The van der Waals surface area contributed by atoms with Crippen molar-refractivity contribution in [3.8, 4) is 17.3 Å². The molecule has 0 saturated heterocycles. The van der Waals surface area contributed by atoms with E-state index in [1.54, 1.807) is 28.0 Å². The highest BCUT2D eigenvalue weighted by atomic mass is 32.2. The minimum Gasteiger partial charge on any atom is -0.463 e. The zero-order valence-corrected chi connectivity index (χ0v) is 24.8. The number of carbonyl (C=O) groups excluding carboxylic acids is 2. The molecule has 6 rings (SSSR count). The number of aliphatic imine (C=N–C) groups is 1. The second-order valence-corrected chi connectivity index (χ2v) is 11.5. The van der Waals surface area contributed by atoms with E-state index in [0.29, 0.717) is 23.2 Å². The molecule has 0 unspecified atom stereocenters. The quantitative estimate of drug-likeness (QED) is 0.176. The van der Waals surface area contributed by atoms with E-state index in [4.69, 9.17) is 19.7 Å². The van der Waals surface area contributed by atoms with Crippen LogP contribution in [-0.4, -0.2) is 44.2 Å². The van der Waals surface area contributed by atoms with Gasteiger partial charge in [-0.1, -0.05) is 42.5 Å². The summed E-state index contributed by atoms with van der Waals surface area (Å²) < 4.78 is 13.5. The van der Waals surface area contributed by atoms with Crippen LogP contribution in [-0.2, 0) is 14.3 Å². The van der Waals surface area contributed by atoms with E-state index in [-0.39, 0.29) is 17.6 Å². The van der Waals surface area contributed by atoms with Crippen molar-refractivity contribution in [1.82, 2.24) is 14.8 Å². The fourth-order valence-electron chi connectivity index (χ4n) is 4.81. The molecule has 2 aliphatic rings. The lowest BCUT2D eigenvalue weighted by Crippen LogP contribution is -2.24. The molecule has 0 radical (unpaired) electrons. The molecule has 2 aliphatic heterocycles. The zero-order chi connectivity index (χ0) is 29.2. The van der Waals surface area contributed by atoms with E-state index in [0.717, 1.165) is 44.9 Å². The van der Waals surface area contributed by atoms with E-state index in [1.165, 1.54) is 6.08 Å². The first-order chi connectivity index (χ1) is 20.4. The molecule has 0 N–H and O–H groups in total. The smallest absolute Gasteiger partial charge is 0.332 e. The summed E-state index contributed by atoms with van der Waals surface area (Å²) in [6.07, 6.45) is 1.73. The van der Waals surface area contributed by atoms with Gasteiger partial charge in [0.1, 0.15) is 5.75 Å². The first-order valence-corrected chi connectivity index (χ1v) is 15.1. The van der Waals surface area contributed by atoms with Gasteiger partial charge in [0.25, 0.3) is 5.91 Å². The number of hydrogen-bond acceptors (Lipinski definition) is 9. The summed E-state index contributed by atoms with van der Waals surface area (Å²) in [6, 6.07) is 21.3. The van der Waals surface area contributed by atoms with Crippen molar-refractivity contribution in [2.24, 2.45) is 10.1 Å². The van der Waals surface area contributed by atoms with Crippen LogP contribution in [0.5, 0.6) is 11.6 Å². The standard InChI is InChI=1S/C31H27N5O4S2/c1-4-39-27(37)18-26-29(38)32-31(42-26)36-23(17-22(34-36)25-15-10-16-41-25)28-20(3)33-35(21-12-6-5-7-13-21)30(28)40-24-14-9-8-11-19(24)2/h5-16,18,23H,4,17H2,1-3H3/b26-18-/t23-/m1/s1. The summed E-state index contributed by atoms with van der Waals surface area (Å²) in [5, 5.41) is 14.0. The Morgan fingerprint density at radius 2 is 1.86 bits per heavy atom. The Hall–Kier alpha value is -4.48. The molecule has 2 aromatic carbocycles. The summed E-state index contributed by atoms with van der Waals surface area (Å²) in [7, 11) is 0. The van der Waals surface area contributed by atoms with Gasteiger partial charge >= 0.3 is 5.97 Å². The van der Waals surface area contributed by atoms with Gasteiger partial charge in [0.15, 0.2) is 5.17 Å². The Morgan fingerprint density at radius 1 is 1.07 bits per heavy atom. The lowest BCUT2D eigenvalue weighted by molar-refractivity contribution is -0.137. The summed E-state index contributed by atoms with van der Waals surface area (Å²) in [5.41, 5.74) is 4.29. The Balaban J connectivity index is 1.46. The van der Waals surface area contributed by atoms with Crippen LogP contribution in [0.3, 0.4) is 0 Å². The van der Waals surface area contributed by atoms with Gasteiger partial charge in [-0.15, -0.1) is 11.3 Å². The lowest BCUT2D eigenvalue weighted by atomic mass is 10.0. The molecule has 0 saturated carbocycles. The molecule has 0 spiro atoms. The molecule has 0 fully saturated rings. The van der Waals surface area contributed by atoms with Crippen LogP contribution in [0.4, 0.5) is 0 Å². The van der Waals surface area contributed by atoms with Crippen molar-refractivity contribution in [1.29, 1.82) is 0 Å². The number of hydrazone groups is 1. The number of ether oxygens (including phenoxy) is 2. The number of rotatable bonds is 7. The van der Waals surface area contributed by atoms with Gasteiger partial charge in [-0.25, -0.2) is 14.5 Å². The highest BCUT2D eigenvalue weighted by molar-refractivity contribution is 8.18. The van der Waals surface area contributed by atoms with Crippen LogP contribution >= 0.6 is 23.1 Å². The summed E-state index contributed by atoms with van der Waals surface area (Å²) >= 11 is 2.70. The molecule has 0 bridgehead atoms. The predicted molar refractivity (Wildman–Crippen MR) is 164 cm³/mol. The first kappa shape index (κ1) is 27.7. The second kappa shape index (κ2) is 11.8. The van der Waals surface area contributed by atoms with Crippen molar-refractivity contribution in [3.05, 3.63) is 105 Å². The summed E-state index contributed by atoms with van der Waals surface area (Å²) in [5.74, 6) is 0.180. The number of hydrogen-bond donors (Lipinski definition) is 0. The highest BCUT2D eigenvalue weighted by Gasteiger charge is 2.40. The Bertz CT molecular complexity index is 1740. The van der Waals surface area contributed by atoms with Gasteiger partial charge in [-0.05, 0) is 67.7 Å². The molecule has 2 aromatic heterocycles. The maximum Gasteiger partial charge on any atom is 0.332 e. The number of esters is 1. The van der Waals surface area contributed by atoms with E-state index in [2.05, 4.69) is 4.99 Å². The molecule has 4 heterocycles. The third-order valence-corrected chi connectivity index (χ3v) is 8.65. The van der Waals surface area contributed by atoms with Crippen LogP contribution in [0, 0.1) is 13.8 Å². The Kier molecular flexibility index (Phi) is 7.77. The average molecular weight is 598 g/mol. The number of aromatic nitrogens is 2. The third-order valence-electron chi connectivity index (χ3n) is 6.75. The van der Waals surface area contributed by atoms with Crippen LogP contribution in [0.25, 0.3) is 5.69 Å². The van der Waals surface area contributed by atoms with Crippen molar-refractivity contribution >= 4 is 45.9 Å². The van der Waals surface area contributed by atoms with E-state index >= 15 is 0 Å². The number of para-hydroxylation sites is 2. The van der Waals surface area contributed by atoms with Crippen molar-refractivity contribution in [2.45, 2.75) is 33.2 Å². The van der Waals surface area contributed by atoms with Gasteiger partial charge < -0.3 is 9.47 Å². The number of carbonyl (C=O) groups is 2. The van der Waals surface area contributed by atoms with Crippen molar-refractivity contribution in [3.63, 3.8) is 0 Å². The van der Waals surface area contributed by atoms with Gasteiger partial charge in [0, 0.05) is 12.5 Å². The molecular formula is C31H27N5O4S2. The van der Waals surface area contributed by atoms with Crippen LogP contribution in [0.1, 0.15) is 41.1 Å². The summed E-state index contributed by atoms with van der Waals surface area (Å²) in [6.45, 7) is 5.87. The van der Waals surface area contributed by atoms with Crippen molar-refractivity contribution < 1.29 is 19.1 Å². The maximum atomic E-state index is 12.8. The minimum absolute atomic E-state index is 0.190. The van der Waals surface area contributed by atoms with Gasteiger partial charge in [0.2, 0.25) is 5.88 Å². The molecule has 1 amide bonds. The van der Waals surface area contributed by atoms with Crippen LogP contribution in [0.15, 0.2) is 93.2 Å². The molecule has 11 heteroatoms. The Labute approximate surface area is 251 Å². The van der Waals surface area contributed by atoms with Gasteiger partial charge in [-0.3, -0.25) is 4.79 Å². The topological polar surface area (TPSA) is 98.4 Å². The largest absolute Gasteiger partial charge is 0.463 e. The third kappa shape index (κ3) is 5.40. The van der Waals surface area contributed by atoms with E-state index in [9.17, 15) is 9.59 Å².